The highest BCUT2D eigenvalue weighted by molar-refractivity contribution is 7.10. The highest BCUT2D eigenvalue weighted by Crippen LogP contribution is 2.42. The van der Waals surface area contributed by atoms with Crippen molar-refractivity contribution in [1.29, 1.82) is 0 Å². The van der Waals surface area contributed by atoms with Crippen LogP contribution in [0.15, 0.2) is 17.5 Å². The molecule has 5 nitrogen and oxygen atoms in total. The average molecular weight is 380 g/mol. The predicted molar refractivity (Wildman–Crippen MR) is 101 cm³/mol. The zero-order chi connectivity index (χ0) is 18.4. The third kappa shape index (κ3) is 3.97. The first-order valence-corrected chi connectivity index (χ1v) is 12.1. The van der Waals surface area contributed by atoms with Crippen LogP contribution in [0.5, 0.6) is 0 Å². The fourth-order valence-electron chi connectivity index (χ4n) is 3.05. The van der Waals surface area contributed by atoms with E-state index >= 15 is 0 Å². The first-order chi connectivity index (χ1) is 12.0. The van der Waals surface area contributed by atoms with Crippen molar-refractivity contribution in [2.24, 2.45) is 0 Å². The number of amides is 2. The van der Waals surface area contributed by atoms with E-state index in [2.05, 4.69) is 26.7 Å². The first-order valence-electron chi connectivity index (χ1n) is 8.68. The van der Waals surface area contributed by atoms with Gasteiger partial charge in [0, 0.05) is 11.3 Å². The number of carbonyl (C=O) groups excluding carboxylic acids is 2. The molecular weight excluding hydrogens is 354 g/mol. The van der Waals surface area contributed by atoms with Crippen LogP contribution < -0.4 is 0 Å². The molecule has 2 rings (SSSR count). The summed E-state index contributed by atoms with van der Waals surface area (Å²) in [5.74, 6) is 2.10. The second kappa shape index (κ2) is 8.65. The number of ether oxygens (including phenoxy) is 1. The number of β-lactam (4-membered cyclic amide) rings is 1. The van der Waals surface area contributed by atoms with Gasteiger partial charge in [-0.3, -0.25) is 4.79 Å². The highest BCUT2D eigenvalue weighted by Gasteiger charge is 2.55. The maximum absolute atomic E-state index is 12.7. The van der Waals surface area contributed by atoms with Crippen LogP contribution in [0.4, 0.5) is 4.79 Å². The van der Waals surface area contributed by atoms with E-state index in [-0.39, 0.29) is 12.5 Å². The molecule has 1 aromatic heterocycles. The molecule has 1 fully saturated rings. The number of imide groups is 1. The van der Waals surface area contributed by atoms with Crippen molar-refractivity contribution >= 4 is 31.7 Å². The Morgan fingerprint density at radius 2 is 2.04 bits per heavy atom. The Bertz CT molecular complexity index is 628. The first kappa shape index (κ1) is 19.7. The molecule has 1 aliphatic rings. The Morgan fingerprint density at radius 3 is 2.56 bits per heavy atom. The van der Waals surface area contributed by atoms with Crippen LogP contribution >= 0.6 is 11.3 Å². The molecule has 136 valence electrons. The summed E-state index contributed by atoms with van der Waals surface area (Å²) >= 11 is 1.51. The van der Waals surface area contributed by atoms with E-state index in [1.807, 2.05) is 17.5 Å². The number of rotatable bonds is 8. The zero-order valence-electron chi connectivity index (χ0n) is 15.0. The Hall–Kier alpha value is -1.62. The van der Waals surface area contributed by atoms with Crippen LogP contribution in [0.1, 0.15) is 38.1 Å². The van der Waals surface area contributed by atoms with Gasteiger partial charge >= 0.3 is 6.09 Å². The number of thiophene rings is 1. The second-order valence-corrected chi connectivity index (χ2v) is 11.7. The van der Waals surface area contributed by atoms with Crippen molar-refractivity contribution in [1.82, 2.24) is 4.90 Å². The van der Waals surface area contributed by atoms with Gasteiger partial charge in [0.2, 0.25) is 0 Å². The zero-order valence-corrected chi connectivity index (χ0v) is 16.8. The van der Waals surface area contributed by atoms with Gasteiger partial charge < -0.3 is 9.16 Å². The van der Waals surface area contributed by atoms with Crippen LogP contribution in [0.3, 0.4) is 0 Å². The van der Waals surface area contributed by atoms with Gasteiger partial charge in [-0.1, -0.05) is 26.8 Å². The quantitative estimate of drug-likeness (QED) is 0.294. The molecule has 0 radical (unpaired) electrons. The molecule has 0 N–H and O–H groups in total. The summed E-state index contributed by atoms with van der Waals surface area (Å²) < 4.78 is 11.5. The maximum Gasteiger partial charge on any atom is 0.417 e. The Labute approximate surface area is 154 Å². The fourth-order valence-corrected chi connectivity index (χ4v) is 6.66. The lowest BCUT2D eigenvalue weighted by Gasteiger charge is -2.47. The standard InChI is InChI=1S/C18H25NO4SSi/c1-5-9-12-22-18(21)19-15(14-11-10-13-24-14)16(17(19)20)23-25(6-2,7-3)8-4/h1,10-11,13,15-16H,6-9,12H2,2-4H3/t15-,16+/m0/s1. The third-order valence-corrected chi connectivity index (χ3v) is 10.4. The van der Waals surface area contributed by atoms with E-state index in [0.29, 0.717) is 6.42 Å². The minimum Gasteiger partial charge on any atom is -0.448 e. The fraction of sp³-hybridized carbons (Fsp3) is 0.556. The van der Waals surface area contributed by atoms with E-state index in [4.69, 9.17) is 15.6 Å². The van der Waals surface area contributed by atoms with Gasteiger partial charge in [0.1, 0.15) is 12.6 Å². The van der Waals surface area contributed by atoms with Gasteiger partial charge in [-0.05, 0) is 29.6 Å². The van der Waals surface area contributed by atoms with Crippen LogP contribution in [0, 0.1) is 12.3 Å². The lowest BCUT2D eigenvalue weighted by atomic mass is 9.97. The van der Waals surface area contributed by atoms with Crippen LogP contribution in [-0.2, 0) is 14.0 Å². The summed E-state index contributed by atoms with van der Waals surface area (Å²) in [6, 6.07) is 6.29. The lowest BCUT2D eigenvalue weighted by Crippen LogP contribution is -2.64. The SMILES string of the molecule is C#CCCOC(=O)N1C(=O)[C@H](O[Si](CC)(CC)CC)[C@@H]1c1cccs1. The van der Waals surface area contributed by atoms with Gasteiger partial charge in [0.15, 0.2) is 14.4 Å². The van der Waals surface area contributed by atoms with Crippen molar-refractivity contribution in [2.75, 3.05) is 6.61 Å². The van der Waals surface area contributed by atoms with Crippen molar-refractivity contribution in [3.8, 4) is 12.3 Å². The lowest BCUT2D eigenvalue weighted by molar-refractivity contribution is -0.160. The minimum absolute atomic E-state index is 0.110. The van der Waals surface area contributed by atoms with Crippen LogP contribution in [0.2, 0.25) is 18.1 Å². The molecule has 2 heterocycles. The summed E-state index contributed by atoms with van der Waals surface area (Å²) in [5, 5.41) is 1.93. The summed E-state index contributed by atoms with van der Waals surface area (Å²) in [7, 11) is -1.96. The molecule has 25 heavy (non-hydrogen) atoms. The summed E-state index contributed by atoms with van der Waals surface area (Å²) in [4.78, 5) is 27.1. The molecule has 1 saturated heterocycles. The molecule has 0 unspecified atom stereocenters. The summed E-state index contributed by atoms with van der Waals surface area (Å²) in [6.45, 7) is 6.47. The highest BCUT2D eigenvalue weighted by atomic mass is 32.1. The molecule has 0 spiro atoms. The largest absolute Gasteiger partial charge is 0.448 e. The number of terminal acetylenes is 1. The summed E-state index contributed by atoms with van der Waals surface area (Å²) in [5.41, 5.74) is 0. The number of nitrogens with zero attached hydrogens (tertiary/aromatic N) is 1. The maximum atomic E-state index is 12.7. The van der Waals surface area contributed by atoms with E-state index in [1.165, 1.54) is 16.2 Å². The molecule has 2 amide bonds. The van der Waals surface area contributed by atoms with Gasteiger partial charge in [-0.25, -0.2) is 9.69 Å². The molecule has 2 atom stereocenters. The molecule has 7 heteroatoms. The van der Waals surface area contributed by atoms with E-state index in [9.17, 15) is 9.59 Å². The van der Waals surface area contributed by atoms with E-state index in [1.54, 1.807) is 0 Å². The molecule has 0 saturated carbocycles. The van der Waals surface area contributed by atoms with Crippen LogP contribution in [0.25, 0.3) is 0 Å². The van der Waals surface area contributed by atoms with Gasteiger partial charge in [-0.15, -0.1) is 23.7 Å². The number of hydrogen-bond donors (Lipinski definition) is 0. The van der Waals surface area contributed by atoms with Gasteiger partial charge in [0.05, 0.1) is 0 Å². The molecule has 0 aromatic carbocycles. The predicted octanol–water partition coefficient (Wildman–Crippen LogP) is 4.18. The minimum atomic E-state index is -1.96. The van der Waals surface area contributed by atoms with Crippen LogP contribution in [-0.4, -0.2) is 37.9 Å². The van der Waals surface area contributed by atoms with Gasteiger partial charge in [-0.2, -0.15) is 0 Å². The number of hydrogen-bond acceptors (Lipinski definition) is 5. The third-order valence-electron chi connectivity index (χ3n) is 4.86. The Balaban J connectivity index is 2.19. The number of likely N-dealkylation sites (tertiary alicyclic amines) is 1. The number of carbonyl (C=O) groups is 2. The monoisotopic (exact) mass is 379 g/mol. The smallest absolute Gasteiger partial charge is 0.417 e. The normalized spacial score (nSPS) is 20.1. The van der Waals surface area contributed by atoms with E-state index < -0.39 is 26.6 Å². The molecular formula is C18H25NO4SSi. The second-order valence-electron chi connectivity index (χ2n) is 6.02. The molecule has 0 aliphatic carbocycles. The molecule has 1 aromatic rings. The summed E-state index contributed by atoms with van der Waals surface area (Å²) in [6.07, 6.45) is 4.26. The topological polar surface area (TPSA) is 55.8 Å². The molecule has 1 aliphatic heterocycles. The van der Waals surface area contributed by atoms with Gasteiger partial charge in [0.25, 0.3) is 5.91 Å². The average Bonchev–Trinajstić information content (AvgIpc) is 3.15. The van der Waals surface area contributed by atoms with Crippen molar-refractivity contribution < 1.29 is 18.8 Å². The Kier molecular flexibility index (Phi) is 6.82. The van der Waals surface area contributed by atoms with E-state index in [0.717, 1.165) is 23.0 Å². The Morgan fingerprint density at radius 1 is 1.36 bits per heavy atom. The van der Waals surface area contributed by atoms with Crippen molar-refractivity contribution in [3.05, 3.63) is 22.4 Å². The van der Waals surface area contributed by atoms with Crippen molar-refractivity contribution in [2.45, 2.75) is 57.5 Å². The molecule has 0 bridgehead atoms. The van der Waals surface area contributed by atoms with Crippen molar-refractivity contribution in [3.63, 3.8) is 0 Å².